The van der Waals surface area contributed by atoms with Crippen LogP contribution in [-0.4, -0.2) is 18.0 Å². The van der Waals surface area contributed by atoms with E-state index in [2.05, 4.69) is 27.3 Å². The molecule has 0 saturated heterocycles. The maximum Gasteiger partial charge on any atom is 0.255 e. The minimum atomic E-state index is -0.165. The van der Waals surface area contributed by atoms with Crippen molar-refractivity contribution in [3.8, 4) is 16.3 Å². The van der Waals surface area contributed by atoms with Crippen LogP contribution in [0.3, 0.4) is 0 Å². The molecule has 29 heavy (non-hydrogen) atoms. The van der Waals surface area contributed by atoms with Gasteiger partial charge in [-0.25, -0.2) is 4.98 Å². The van der Waals surface area contributed by atoms with E-state index < -0.39 is 0 Å². The topological polar surface area (TPSA) is 51.2 Å². The molecule has 0 unspecified atom stereocenters. The van der Waals surface area contributed by atoms with E-state index in [9.17, 15) is 4.79 Å². The van der Waals surface area contributed by atoms with Crippen LogP contribution in [0, 0.1) is 6.92 Å². The first kappa shape index (κ1) is 19.6. The molecule has 6 heteroatoms. The number of hydrogen-bond donors (Lipinski definition) is 1. The summed E-state index contributed by atoms with van der Waals surface area (Å²) in [6.45, 7) is 2.36. The fourth-order valence-corrected chi connectivity index (χ4v) is 4.75. The Labute approximate surface area is 181 Å². The van der Waals surface area contributed by atoms with Gasteiger partial charge in [-0.15, -0.1) is 11.3 Å². The molecule has 146 valence electrons. The van der Waals surface area contributed by atoms with Gasteiger partial charge in [0.25, 0.3) is 5.91 Å². The smallest absolute Gasteiger partial charge is 0.255 e. The van der Waals surface area contributed by atoms with E-state index >= 15 is 0 Å². The van der Waals surface area contributed by atoms with Crippen LogP contribution in [0.2, 0.25) is 0 Å². The molecule has 3 aromatic carbocycles. The molecule has 1 heterocycles. The number of nitrogens with zero attached hydrogens (tertiary/aromatic N) is 1. The van der Waals surface area contributed by atoms with Crippen molar-refractivity contribution in [2.75, 3.05) is 7.11 Å². The predicted molar refractivity (Wildman–Crippen MR) is 122 cm³/mol. The second-order valence-electron chi connectivity index (χ2n) is 6.67. The molecule has 1 N–H and O–H groups in total. The van der Waals surface area contributed by atoms with Crippen LogP contribution < -0.4 is 10.1 Å². The van der Waals surface area contributed by atoms with Crippen LogP contribution in [0.15, 0.2) is 65.1 Å². The predicted octanol–water partition coefficient (Wildman–Crippen LogP) is 5.97. The Bertz CT molecular complexity index is 1150. The number of aryl methyl sites for hydroxylation is 1. The zero-order valence-corrected chi connectivity index (χ0v) is 18.4. The van der Waals surface area contributed by atoms with Crippen molar-refractivity contribution in [1.82, 2.24) is 10.3 Å². The van der Waals surface area contributed by atoms with Crippen LogP contribution in [0.5, 0.6) is 5.75 Å². The van der Waals surface area contributed by atoms with Gasteiger partial charge in [-0.1, -0.05) is 52.3 Å². The summed E-state index contributed by atoms with van der Waals surface area (Å²) in [6.07, 6.45) is 0. The van der Waals surface area contributed by atoms with Crippen molar-refractivity contribution >= 4 is 43.4 Å². The van der Waals surface area contributed by atoms with Gasteiger partial charge in [-0.2, -0.15) is 0 Å². The van der Waals surface area contributed by atoms with Gasteiger partial charge in [0.15, 0.2) is 0 Å². The first-order valence-corrected chi connectivity index (χ1v) is 10.7. The van der Waals surface area contributed by atoms with Gasteiger partial charge < -0.3 is 10.1 Å². The van der Waals surface area contributed by atoms with Crippen molar-refractivity contribution in [1.29, 1.82) is 0 Å². The normalized spacial score (nSPS) is 10.9. The number of carbonyl (C=O) groups is 1. The molecule has 4 nitrogen and oxygen atoms in total. The van der Waals surface area contributed by atoms with Gasteiger partial charge in [0.05, 0.1) is 22.9 Å². The lowest BCUT2D eigenvalue weighted by molar-refractivity contribution is 0.0947. The Morgan fingerprint density at radius 2 is 1.90 bits per heavy atom. The second-order valence-corrected chi connectivity index (χ2v) is 8.62. The van der Waals surface area contributed by atoms with Crippen LogP contribution >= 0.6 is 27.3 Å². The summed E-state index contributed by atoms with van der Waals surface area (Å²) in [7, 11) is 1.58. The van der Waals surface area contributed by atoms with Crippen LogP contribution in [-0.2, 0) is 6.54 Å². The van der Waals surface area contributed by atoms with Crippen molar-refractivity contribution in [3.63, 3.8) is 0 Å². The summed E-state index contributed by atoms with van der Waals surface area (Å²) >= 11 is 5.12. The number of methoxy groups -OCH3 is 1. The summed E-state index contributed by atoms with van der Waals surface area (Å²) in [5.74, 6) is 0.429. The molecular weight excluding hydrogens is 448 g/mol. The Morgan fingerprint density at radius 1 is 1.14 bits per heavy atom. The molecule has 0 aliphatic heterocycles. The zero-order chi connectivity index (χ0) is 20.4. The van der Waals surface area contributed by atoms with E-state index in [1.807, 2.05) is 55.5 Å². The number of benzene rings is 3. The third-order valence-electron chi connectivity index (χ3n) is 4.64. The van der Waals surface area contributed by atoms with Gasteiger partial charge in [-0.05, 0) is 42.3 Å². The third-order valence-corrected chi connectivity index (χ3v) is 6.18. The molecule has 0 fully saturated rings. The van der Waals surface area contributed by atoms with E-state index in [0.717, 1.165) is 31.7 Å². The number of carbonyl (C=O) groups excluding carboxylic acids is 1. The Kier molecular flexibility index (Phi) is 5.65. The number of hydrogen-bond acceptors (Lipinski definition) is 4. The van der Waals surface area contributed by atoms with Crippen molar-refractivity contribution in [2.45, 2.75) is 13.5 Å². The number of rotatable bonds is 5. The number of nitrogens with one attached hydrogen (secondary N) is 1. The number of ether oxygens (including phenoxy) is 1. The number of para-hydroxylation sites is 1. The quantitative estimate of drug-likeness (QED) is 0.393. The minimum Gasteiger partial charge on any atom is -0.496 e. The van der Waals surface area contributed by atoms with Gasteiger partial charge in [0.2, 0.25) is 0 Å². The molecule has 0 aliphatic rings. The molecule has 4 aromatic rings. The summed E-state index contributed by atoms with van der Waals surface area (Å²) in [5, 5.41) is 3.97. The Morgan fingerprint density at radius 3 is 2.62 bits per heavy atom. The maximum absolute atomic E-state index is 12.7. The Hall–Kier alpha value is -2.70. The second kappa shape index (κ2) is 8.35. The number of thiazole rings is 1. The fourth-order valence-electron chi connectivity index (χ4n) is 3.21. The SMILES string of the molecule is COc1c(C)cc(Br)cc1C(=O)NCc1ccc(-c2nc3ccccc3s2)cc1. The molecule has 0 atom stereocenters. The van der Waals surface area contributed by atoms with E-state index in [0.29, 0.717) is 17.9 Å². The summed E-state index contributed by atoms with van der Waals surface area (Å²) in [4.78, 5) is 17.4. The van der Waals surface area contributed by atoms with Crippen LogP contribution in [0.25, 0.3) is 20.8 Å². The van der Waals surface area contributed by atoms with E-state index in [-0.39, 0.29) is 5.91 Å². The minimum absolute atomic E-state index is 0.165. The largest absolute Gasteiger partial charge is 0.496 e. The number of fused-ring (bicyclic) bond motifs is 1. The standard InChI is InChI=1S/C23H19BrN2O2S/c1-14-11-17(24)12-18(21(14)28-2)22(27)25-13-15-7-9-16(10-8-15)23-26-19-5-3-4-6-20(19)29-23/h3-12H,13H2,1-2H3,(H,25,27). The van der Waals surface area contributed by atoms with Crippen molar-refractivity contribution in [3.05, 3.63) is 81.8 Å². The van der Waals surface area contributed by atoms with E-state index in [1.54, 1.807) is 24.5 Å². The number of amides is 1. The van der Waals surface area contributed by atoms with Crippen molar-refractivity contribution < 1.29 is 9.53 Å². The first-order valence-electron chi connectivity index (χ1n) is 9.12. The molecule has 4 rings (SSSR count). The fraction of sp³-hybridized carbons (Fsp3) is 0.130. The highest BCUT2D eigenvalue weighted by molar-refractivity contribution is 9.10. The lowest BCUT2D eigenvalue weighted by atomic mass is 10.1. The third kappa shape index (κ3) is 4.18. The molecule has 0 bridgehead atoms. The lowest BCUT2D eigenvalue weighted by Gasteiger charge is -2.12. The lowest BCUT2D eigenvalue weighted by Crippen LogP contribution is -2.23. The van der Waals surface area contributed by atoms with Crippen molar-refractivity contribution in [2.24, 2.45) is 0 Å². The molecule has 0 radical (unpaired) electrons. The van der Waals surface area contributed by atoms with E-state index in [4.69, 9.17) is 9.72 Å². The highest BCUT2D eigenvalue weighted by Gasteiger charge is 2.15. The van der Waals surface area contributed by atoms with Gasteiger partial charge in [-0.3, -0.25) is 4.79 Å². The summed E-state index contributed by atoms with van der Waals surface area (Å²) in [6, 6.07) is 20.0. The van der Waals surface area contributed by atoms with Crippen LogP contribution in [0.1, 0.15) is 21.5 Å². The summed E-state index contributed by atoms with van der Waals surface area (Å²) < 4.78 is 7.43. The van der Waals surface area contributed by atoms with Gasteiger partial charge >= 0.3 is 0 Å². The average Bonchev–Trinajstić information content (AvgIpc) is 3.16. The molecule has 1 amide bonds. The zero-order valence-electron chi connectivity index (χ0n) is 16.0. The number of halogens is 1. The molecule has 0 saturated carbocycles. The van der Waals surface area contributed by atoms with Gasteiger partial charge in [0.1, 0.15) is 10.8 Å². The molecule has 1 aromatic heterocycles. The van der Waals surface area contributed by atoms with Gasteiger partial charge in [0, 0.05) is 16.6 Å². The maximum atomic E-state index is 12.7. The average molecular weight is 467 g/mol. The van der Waals surface area contributed by atoms with E-state index in [1.165, 1.54) is 4.70 Å². The Balaban J connectivity index is 1.47. The summed E-state index contributed by atoms with van der Waals surface area (Å²) in [5.41, 5.74) is 4.54. The highest BCUT2D eigenvalue weighted by atomic mass is 79.9. The van der Waals surface area contributed by atoms with Crippen LogP contribution in [0.4, 0.5) is 0 Å². The molecular formula is C23H19BrN2O2S. The first-order chi connectivity index (χ1) is 14.0. The molecule has 0 spiro atoms. The monoisotopic (exact) mass is 466 g/mol. The molecule has 0 aliphatic carbocycles. The highest BCUT2D eigenvalue weighted by Crippen LogP contribution is 2.30. The number of aromatic nitrogens is 1.